The number of carbonyl (C=O) groups is 1. The molecule has 1 amide bonds. The predicted molar refractivity (Wildman–Crippen MR) is 51.8 cm³/mol. The first-order chi connectivity index (χ1) is 7.59. The molecule has 1 unspecified atom stereocenters. The third-order valence-corrected chi connectivity index (χ3v) is 2.78. The van der Waals surface area contributed by atoms with Gasteiger partial charge >= 0.3 is 6.08 Å². The van der Waals surface area contributed by atoms with E-state index in [4.69, 9.17) is 0 Å². The van der Waals surface area contributed by atoms with E-state index in [1.165, 1.54) is 19.2 Å². The molecule has 2 rings (SSSR count). The summed E-state index contributed by atoms with van der Waals surface area (Å²) in [6.45, 7) is 1.64. The lowest BCUT2D eigenvalue weighted by molar-refractivity contribution is -0.121. The number of alkyl halides is 1. The van der Waals surface area contributed by atoms with Gasteiger partial charge in [0, 0.05) is 18.7 Å². The minimum absolute atomic E-state index is 0.233. The number of nitrogens with one attached hydrogen (secondary N) is 1. The van der Waals surface area contributed by atoms with Gasteiger partial charge in [-0.25, -0.2) is 14.4 Å². The lowest BCUT2D eigenvalue weighted by Gasteiger charge is -2.16. The normalized spacial score (nSPS) is 26.6. The number of nitrogens with zero attached hydrogens (tertiary/aromatic N) is 2. The molecule has 86 valence electrons. The molecular weight excluding hydrogens is 216 g/mol. The maximum atomic E-state index is 13.3. The molecule has 1 N–H and O–H groups in total. The van der Waals surface area contributed by atoms with Gasteiger partial charge in [-0.1, -0.05) is 0 Å². The van der Waals surface area contributed by atoms with Crippen molar-refractivity contribution in [3.63, 3.8) is 0 Å². The molecular formula is C10H11F2N3O. The molecule has 1 fully saturated rings. The van der Waals surface area contributed by atoms with Crippen LogP contribution in [0.1, 0.15) is 18.5 Å². The molecule has 1 aromatic rings. The second kappa shape index (κ2) is 4.11. The Morgan fingerprint density at radius 1 is 1.62 bits per heavy atom. The fourth-order valence-corrected chi connectivity index (χ4v) is 1.94. The van der Waals surface area contributed by atoms with Crippen molar-refractivity contribution in [2.45, 2.75) is 19.0 Å². The molecule has 0 aliphatic carbocycles. The molecule has 1 saturated heterocycles. The van der Waals surface area contributed by atoms with Crippen LogP contribution >= 0.6 is 0 Å². The predicted octanol–water partition coefficient (Wildman–Crippen LogP) is 0.803. The summed E-state index contributed by atoms with van der Waals surface area (Å²) < 4.78 is 26.1. The van der Waals surface area contributed by atoms with Gasteiger partial charge in [-0.3, -0.25) is 4.79 Å². The molecule has 0 bridgehead atoms. The fourth-order valence-electron chi connectivity index (χ4n) is 1.94. The topological polar surface area (TPSA) is 54.9 Å². The fraction of sp³-hybridized carbons (Fsp3) is 0.500. The first-order valence-electron chi connectivity index (χ1n) is 5.00. The Balaban J connectivity index is 2.33. The number of amides is 1. The second-order valence-electron chi connectivity index (χ2n) is 3.81. The zero-order valence-electron chi connectivity index (χ0n) is 8.65. The molecule has 2 heterocycles. The number of aromatic nitrogens is 2. The summed E-state index contributed by atoms with van der Waals surface area (Å²) in [5.74, 6) is -1.54. The summed E-state index contributed by atoms with van der Waals surface area (Å²) in [5, 5.41) is 2.56. The van der Waals surface area contributed by atoms with Crippen molar-refractivity contribution in [2.24, 2.45) is 5.92 Å². The van der Waals surface area contributed by atoms with Crippen LogP contribution in [0.5, 0.6) is 0 Å². The monoisotopic (exact) mass is 227 g/mol. The Kier molecular flexibility index (Phi) is 2.80. The average Bonchev–Trinajstić information content (AvgIpc) is 2.60. The van der Waals surface area contributed by atoms with Crippen molar-refractivity contribution >= 4 is 5.91 Å². The van der Waals surface area contributed by atoms with Gasteiger partial charge in [0.15, 0.2) is 0 Å². The van der Waals surface area contributed by atoms with E-state index in [1.807, 2.05) is 0 Å². The summed E-state index contributed by atoms with van der Waals surface area (Å²) >= 11 is 0. The summed E-state index contributed by atoms with van der Waals surface area (Å²) in [7, 11) is 0. The van der Waals surface area contributed by atoms with Crippen molar-refractivity contribution in [3.05, 3.63) is 24.0 Å². The van der Waals surface area contributed by atoms with E-state index in [0.717, 1.165) is 0 Å². The van der Waals surface area contributed by atoms with Crippen LogP contribution in [-0.2, 0) is 4.79 Å². The molecule has 1 aromatic heterocycles. The van der Waals surface area contributed by atoms with Gasteiger partial charge in [-0.05, 0) is 13.0 Å². The van der Waals surface area contributed by atoms with Gasteiger partial charge in [0.1, 0.15) is 6.17 Å². The quantitative estimate of drug-likeness (QED) is 0.760. The molecule has 0 spiro atoms. The number of carbonyl (C=O) groups excluding carboxylic acids is 1. The third-order valence-electron chi connectivity index (χ3n) is 2.78. The van der Waals surface area contributed by atoms with Gasteiger partial charge in [0.2, 0.25) is 5.91 Å². The highest BCUT2D eigenvalue weighted by atomic mass is 19.1. The molecule has 0 aromatic carbocycles. The van der Waals surface area contributed by atoms with E-state index >= 15 is 0 Å². The lowest BCUT2D eigenvalue weighted by atomic mass is 9.89. The molecule has 1 aliphatic heterocycles. The second-order valence-corrected chi connectivity index (χ2v) is 3.81. The highest BCUT2D eigenvalue weighted by Crippen LogP contribution is 2.31. The Bertz CT molecular complexity index is 411. The largest absolute Gasteiger partial charge is 0.355 e. The Morgan fingerprint density at radius 2 is 2.38 bits per heavy atom. The first-order valence-corrected chi connectivity index (χ1v) is 5.00. The first kappa shape index (κ1) is 10.9. The Labute approximate surface area is 91.1 Å². The highest BCUT2D eigenvalue weighted by molar-refractivity contribution is 5.85. The summed E-state index contributed by atoms with van der Waals surface area (Å²) in [5.41, 5.74) is 0.233. The lowest BCUT2D eigenvalue weighted by Crippen LogP contribution is -2.22. The zero-order valence-corrected chi connectivity index (χ0v) is 8.65. The van der Waals surface area contributed by atoms with Crippen LogP contribution in [-0.4, -0.2) is 28.6 Å². The van der Waals surface area contributed by atoms with Crippen LogP contribution in [0.2, 0.25) is 0 Å². The SMILES string of the molecule is C[C@@H](F)C1CNC(=O)[C@H]1c1ccnc(F)n1. The summed E-state index contributed by atoms with van der Waals surface area (Å²) in [6.07, 6.45) is -0.826. The molecule has 0 saturated carbocycles. The number of hydrogen-bond acceptors (Lipinski definition) is 3. The van der Waals surface area contributed by atoms with E-state index < -0.39 is 24.1 Å². The standard InChI is InChI=1S/C10H11F2N3O/c1-5(11)6-4-14-9(16)8(6)7-2-3-13-10(12)15-7/h2-3,5-6,8H,4H2,1H3,(H,14,16)/t5-,6?,8-/m1/s1. The van der Waals surface area contributed by atoms with Gasteiger partial charge in [-0.2, -0.15) is 4.39 Å². The minimum atomic E-state index is -1.15. The van der Waals surface area contributed by atoms with Crippen molar-refractivity contribution in [3.8, 4) is 0 Å². The van der Waals surface area contributed by atoms with Gasteiger partial charge in [0.25, 0.3) is 0 Å². The molecule has 1 aliphatic rings. The molecule has 4 nitrogen and oxygen atoms in total. The van der Waals surface area contributed by atoms with E-state index in [9.17, 15) is 13.6 Å². The molecule has 0 radical (unpaired) electrons. The van der Waals surface area contributed by atoms with Crippen LogP contribution < -0.4 is 5.32 Å². The van der Waals surface area contributed by atoms with Crippen LogP contribution in [0.25, 0.3) is 0 Å². The van der Waals surface area contributed by atoms with Crippen molar-refractivity contribution in [1.82, 2.24) is 15.3 Å². The molecule has 3 atom stereocenters. The van der Waals surface area contributed by atoms with E-state index in [0.29, 0.717) is 0 Å². The van der Waals surface area contributed by atoms with Crippen molar-refractivity contribution < 1.29 is 13.6 Å². The van der Waals surface area contributed by atoms with Crippen LogP contribution in [0.4, 0.5) is 8.78 Å². The van der Waals surface area contributed by atoms with Gasteiger partial charge in [-0.15, -0.1) is 0 Å². The number of halogens is 2. The number of hydrogen-bond donors (Lipinski definition) is 1. The van der Waals surface area contributed by atoms with E-state index in [-0.39, 0.29) is 18.1 Å². The van der Waals surface area contributed by atoms with Crippen molar-refractivity contribution in [2.75, 3.05) is 6.54 Å². The molecule has 6 heteroatoms. The Hall–Kier alpha value is -1.59. The van der Waals surface area contributed by atoms with Crippen molar-refractivity contribution in [1.29, 1.82) is 0 Å². The summed E-state index contributed by atoms with van der Waals surface area (Å²) in [4.78, 5) is 18.4. The number of rotatable bonds is 2. The molecule has 16 heavy (non-hydrogen) atoms. The minimum Gasteiger partial charge on any atom is -0.355 e. The van der Waals surface area contributed by atoms with E-state index in [1.54, 1.807) is 0 Å². The smallest absolute Gasteiger partial charge is 0.308 e. The summed E-state index contributed by atoms with van der Waals surface area (Å²) in [6, 6.07) is 1.44. The zero-order chi connectivity index (χ0) is 11.7. The maximum Gasteiger partial charge on any atom is 0.308 e. The van der Waals surface area contributed by atoms with E-state index in [2.05, 4.69) is 15.3 Å². The van der Waals surface area contributed by atoms with Crippen LogP contribution in [0.15, 0.2) is 12.3 Å². The van der Waals surface area contributed by atoms with Gasteiger partial charge in [0.05, 0.1) is 11.6 Å². The third kappa shape index (κ3) is 1.87. The van der Waals surface area contributed by atoms with Crippen LogP contribution in [0, 0.1) is 12.0 Å². The average molecular weight is 227 g/mol. The van der Waals surface area contributed by atoms with Crippen LogP contribution in [0.3, 0.4) is 0 Å². The van der Waals surface area contributed by atoms with Gasteiger partial charge < -0.3 is 5.32 Å². The maximum absolute atomic E-state index is 13.3. The highest BCUT2D eigenvalue weighted by Gasteiger charge is 2.40. The Morgan fingerprint density at radius 3 is 3.00 bits per heavy atom.